The number of halogens is 1. The number of para-hydroxylation sites is 1. The highest BCUT2D eigenvalue weighted by molar-refractivity contribution is 9.11. The third-order valence-corrected chi connectivity index (χ3v) is 4.54. The van der Waals surface area contributed by atoms with Gasteiger partial charge in [0.25, 0.3) is 0 Å². The largest absolute Gasteiger partial charge is 0.496 e. The predicted molar refractivity (Wildman–Crippen MR) is 80.5 cm³/mol. The first-order valence-electron chi connectivity index (χ1n) is 5.79. The average Bonchev–Trinajstić information content (AvgIpc) is 2.81. The highest BCUT2D eigenvalue weighted by Gasteiger charge is 2.15. The van der Waals surface area contributed by atoms with Crippen LogP contribution in [0.25, 0.3) is 0 Å². The van der Waals surface area contributed by atoms with E-state index in [2.05, 4.69) is 39.4 Å². The van der Waals surface area contributed by atoms with E-state index >= 15 is 0 Å². The highest BCUT2D eigenvalue weighted by Crippen LogP contribution is 2.30. The van der Waals surface area contributed by atoms with Crippen molar-refractivity contribution in [1.82, 2.24) is 5.32 Å². The summed E-state index contributed by atoms with van der Waals surface area (Å²) in [5.41, 5.74) is 1.20. The molecule has 0 fully saturated rings. The van der Waals surface area contributed by atoms with Crippen molar-refractivity contribution in [2.75, 3.05) is 14.2 Å². The zero-order valence-corrected chi connectivity index (χ0v) is 12.8. The summed E-state index contributed by atoms with van der Waals surface area (Å²) in [7, 11) is 3.70. The maximum atomic E-state index is 5.43. The maximum absolute atomic E-state index is 5.43. The molecule has 0 aliphatic rings. The lowest BCUT2D eigenvalue weighted by atomic mass is 10.0. The molecule has 0 saturated carbocycles. The number of benzene rings is 1. The van der Waals surface area contributed by atoms with E-state index in [1.54, 1.807) is 18.4 Å². The van der Waals surface area contributed by atoms with E-state index in [4.69, 9.17) is 4.74 Å². The van der Waals surface area contributed by atoms with Crippen molar-refractivity contribution >= 4 is 27.3 Å². The molecule has 18 heavy (non-hydrogen) atoms. The van der Waals surface area contributed by atoms with E-state index in [1.165, 1.54) is 14.2 Å². The van der Waals surface area contributed by atoms with E-state index in [1.807, 2.05) is 25.2 Å². The molecule has 1 aromatic heterocycles. The molecule has 96 valence electrons. The lowest BCUT2D eigenvalue weighted by Crippen LogP contribution is -2.19. The Hall–Kier alpha value is -0.840. The van der Waals surface area contributed by atoms with E-state index in [0.717, 1.165) is 12.2 Å². The number of nitrogens with one attached hydrogen (secondary N) is 1. The summed E-state index contributed by atoms with van der Waals surface area (Å²) in [4.78, 5) is 1.35. The van der Waals surface area contributed by atoms with Crippen molar-refractivity contribution in [3.8, 4) is 5.75 Å². The van der Waals surface area contributed by atoms with Crippen molar-refractivity contribution in [3.05, 3.63) is 50.6 Å². The summed E-state index contributed by atoms with van der Waals surface area (Å²) in [6.07, 6.45) is 0.965. The van der Waals surface area contributed by atoms with Gasteiger partial charge < -0.3 is 10.1 Å². The van der Waals surface area contributed by atoms with E-state index < -0.39 is 0 Å². The van der Waals surface area contributed by atoms with Gasteiger partial charge in [-0.3, -0.25) is 0 Å². The molecule has 0 aliphatic carbocycles. The van der Waals surface area contributed by atoms with Gasteiger partial charge in [0, 0.05) is 22.9 Å². The Kier molecular flexibility index (Phi) is 4.80. The van der Waals surface area contributed by atoms with Gasteiger partial charge in [0.15, 0.2) is 0 Å². The quantitative estimate of drug-likeness (QED) is 0.896. The van der Waals surface area contributed by atoms with Crippen molar-refractivity contribution in [2.45, 2.75) is 12.5 Å². The molecule has 2 nitrogen and oxygen atoms in total. The Morgan fingerprint density at radius 3 is 2.67 bits per heavy atom. The SMILES string of the molecule is CNC(Cc1ccc(Br)s1)c1ccccc1OC. The van der Waals surface area contributed by atoms with E-state index in [-0.39, 0.29) is 6.04 Å². The van der Waals surface area contributed by atoms with Crippen LogP contribution >= 0.6 is 27.3 Å². The molecule has 1 unspecified atom stereocenters. The first kappa shape index (κ1) is 13.6. The Balaban J connectivity index is 2.22. The number of ether oxygens (including phenoxy) is 1. The molecule has 4 heteroatoms. The van der Waals surface area contributed by atoms with Gasteiger partial charge in [0.05, 0.1) is 10.9 Å². The number of thiophene rings is 1. The molecule has 0 aliphatic heterocycles. The van der Waals surface area contributed by atoms with Crippen molar-refractivity contribution in [2.24, 2.45) is 0 Å². The van der Waals surface area contributed by atoms with Crippen LogP contribution in [0.1, 0.15) is 16.5 Å². The Morgan fingerprint density at radius 2 is 2.06 bits per heavy atom. The number of methoxy groups -OCH3 is 1. The van der Waals surface area contributed by atoms with E-state index in [0.29, 0.717) is 0 Å². The summed E-state index contributed by atoms with van der Waals surface area (Å²) < 4.78 is 6.60. The third-order valence-electron chi connectivity index (χ3n) is 2.90. The molecule has 0 radical (unpaired) electrons. The molecule has 0 amide bonds. The summed E-state index contributed by atoms with van der Waals surface area (Å²) >= 11 is 5.28. The minimum Gasteiger partial charge on any atom is -0.496 e. The van der Waals surface area contributed by atoms with E-state index in [9.17, 15) is 0 Å². The van der Waals surface area contributed by atoms with Gasteiger partial charge in [-0.15, -0.1) is 11.3 Å². The maximum Gasteiger partial charge on any atom is 0.123 e. The molecule has 1 atom stereocenters. The van der Waals surface area contributed by atoms with Gasteiger partial charge in [-0.1, -0.05) is 18.2 Å². The Morgan fingerprint density at radius 1 is 1.28 bits per heavy atom. The molecular formula is C14H16BrNOS. The van der Waals surface area contributed by atoms with Gasteiger partial charge in [-0.25, -0.2) is 0 Å². The lowest BCUT2D eigenvalue weighted by Gasteiger charge is -2.18. The molecule has 2 aromatic rings. The second-order valence-corrected chi connectivity index (χ2v) is 6.54. The monoisotopic (exact) mass is 325 g/mol. The fraction of sp³-hybridized carbons (Fsp3) is 0.286. The summed E-state index contributed by atoms with van der Waals surface area (Å²) in [5.74, 6) is 0.937. The van der Waals surface area contributed by atoms with Crippen molar-refractivity contribution in [1.29, 1.82) is 0 Å². The summed E-state index contributed by atoms with van der Waals surface area (Å²) in [6.45, 7) is 0. The minimum atomic E-state index is 0.270. The normalized spacial score (nSPS) is 12.4. The van der Waals surface area contributed by atoms with Crippen LogP contribution in [-0.4, -0.2) is 14.2 Å². The number of hydrogen-bond acceptors (Lipinski definition) is 3. The number of likely N-dealkylation sites (N-methyl/N-ethyl adjacent to an activating group) is 1. The van der Waals surface area contributed by atoms with Crippen LogP contribution in [0.2, 0.25) is 0 Å². The van der Waals surface area contributed by atoms with Crippen LogP contribution in [0.15, 0.2) is 40.2 Å². The first-order chi connectivity index (χ1) is 8.74. The third kappa shape index (κ3) is 3.13. The molecule has 1 aromatic carbocycles. The predicted octanol–water partition coefficient (Wildman–Crippen LogP) is 4.02. The molecule has 0 spiro atoms. The van der Waals surface area contributed by atoms with Gasteiger partial charge >= 0.3 is 0 Å². The van der Waals surface area contributed by atoms with Gasteiger partial charge in [0.1, 0.15) is 5.75 Å². The van der Waals surface area contributed by atoms with Gasteiger partial charge in [0.2, 0.25) is 0 Å². The number of hydrogen-bond donors (Lipinski definition) is 1. The fourth-order valence-corrected chi connectivity index (χ4v) is 3.51. The van der Waals surface area contributed by atoms with Gasteiger partial charge in [-0.2, -0.15) is 0 Å². The molecular weight excluding hydrogens is 310 g/mol. The molecule has 2 rings (SSSR count). The minimum absolute atomic E-state index is 0.270. The smallest absolute Gasteiger partial charge is 0.123 e. The van der Waals surface area contributed by atoms with Crippen LogP contribution in [0.3, 0.4) is 0 Å². The zero-order valence-electron chi connectivity index (χ0n) is 10.4. The second kappa shape index (κ2) is 6.36. The van der Waals surface area contributed by atoms with Crippen LogP contribution in [0, 0.1) is 0 Å². The Bertz CT molecular complexity index is 512. The standard InChI is InChI=1S/C14H16BrNOS/c1-16-12(9-10-7-8-14(15)18-10)11-5-3-4-6-13(11)17-2/h3-8,12,16H,9H2,1-2H3. The Labute approximate surface area is 120 Å². The average molecular weight is 326 g/mol. The first-order valence-corrected chi connectivity index (χ1v) is 7.40. The molecule has 0 saturated heterocycles. The summed E-state index contributed by atoms with van der Waals surface area (Å²) in [6, 6.07) is 12.7. The highest BCUT2D eigenvalue weighted by atomic mass is 79.9. The zero-order chi connectivity index (χ0) is 13.0. The van der Waals surface area contributed by atoms with Crippen molar-refractivity contribution in [3.63, 3.8) is 0 Å². The van der Waals surface area contributed by atoms with Crippen LogP contribution in [0.4, 0.5) is 0 Å². The molecule has 1 heterocycles. The van der Waals surface area contributed by atoms with Crippen LogP contribution in [-0.2, 0) is 6.42 Å². The molecule has 0 bridgehead atoms. The second-order valence-electron chi connectivity index (χ2n) is 3.99. The summed E-state index contributed by atoms with van der Waals surface area (Å²) in [5, 5.41) is 3.36. The van der Waals surface area contributed by atoms with Crippen LogP contribution < -0.4 is 10.1 Å². The molecule has 1 N–H and O–H groups in total. The fourth-order valence-electron chi connectivity index (χ4n) is 1.98. The topological polar surface area (TPSA) is 21.3 Å². The van der Waals surface area contributed by atoms with Crippen molar-refractivity contribution < 1.29 is 4.74 Å². The lowest BCUT2D eigenvalue weighted by molar-refractivity contribution is 0.401. The van der Waals surface area contributed by atoms with Gasteiger partial charge in [-0.05, 0) is 41.2 Å². The van der Waals surface area contributed by atoms with Crippen LogP contribution in [0.5, 0.6) is 5.75 Å². The number of rotatable bonds is 5.